The van der Waals surface area contributed by atoms with Gasteiger partial charge in [-0.3, -0.25) is 4.99 Å². The maximum atomic E-state index is 6.13. The van der Waals surface area contributed by atoms with Crippen molar-refractivity contribution in [2.24, 2.45) is 10.7 Å². The van der Waals surface area contributed by atoms with Gasteiger partial charge in [0, 0.05) is 6.54 Å². The summed E-state index contributed by atoms with van der Waals surface area (Å²) in [4.78, 5) is 6.83. The maximum absolute atomic E-state index is 6.13. The number of aliphatic imine (C=N–C) groups is 1. The van der Waals surface area contributed by atoms with Gasteiger partial charge in [0.1, 0.15) is 0 Å². The number of guanidine groups is 1. The zero-order valence-electron chi connectivity index (χ0n) is 12.1. The lowest BCUT2D eigenvalue weighted by Crippen LogP contribution is -2.50. The Balaban J connectivity index is 2.16. The highest BCUT2D eigenvalue weighted by molar-refractivity contribution is 5.81. The number of hydrogen-bond acceptors (Lipinski definition) is 3. The number of rotatable bonds is 6. The number of unbranched alkanes of at least 4 members (excludes halogenated alkanes) is 1. The Morgan fingerprint density at radius 1 is 1.26 bits per heavy atom. The normalized spacial score (nSPS) is 22.6. The summed E-state index contributed by atoms with van der Waals surface area (Å²) in [6, 6.07) is 10.5. The molecule has 0 saturated heterocycles. The Labute approximate surface area is 116 Å². The summed E-state index contributed by atoms with van der Waals surface area (Å²) in [5, 5.41) is 0. The van der Waals surface area contributed by atoms with Crippen molar-refractivity contribution in [3.63, 3.8) is 0 Å². The molecule has 1 heterocycles. The van der Waals surface area contributed by atoms with Gasteiger partial charge in [0.25, 0.3) is 0 Å². The zero-order chi connectivity index (χ0) is 13.7. The fraction of sp³-hybridized carbons (Fsp3) is 0.562. The summed E-state index contributed by atoms with van der Waals surface area (Å²) in [6.45, 7) is 6.21. The molecule has 3 heteroatoms. The van der Waals surface area contributed by atoms with E-state index in [-0.39, 0.29) is 5.54 Å². The van der Waals surface area contributed by atoms with Gasteiger partial charge in [0.15, 0.2) is 5.96 Å². The van der Waals surface area contributed by atoms with Crippen LogP contribution in [0.15, 0.2) is 35.3 Å². The molecule has 0 amide bonds. The van der Waals surface area contributed by atoms with E-state index in [0.29, 0.717) is 5.96 Å². The Hall–Kier alpha value is -1.51. The topological polar surface area (TPSA) is 41.6 Å². The van der Waals surface area contributed by atoms with Crippen molar-refractivity contribution in [1.29, 1.82) is 0 Å². The highest BCUT2D eigenvalue weighted by Crippen LogP contribution is 2.32. The Morgan fingerprint density at radius 2 is 2.00 bits per heavy atom. The average Bonchev–Trinajstić information content (AvgIpc) is 2.76. The molecule has 1 unspecified atom stereocenters. The van der Waals surface area contributed by atoms with Crippen molar-refractivity contribution in [2.75, 3.05) is 6.54 Å². The van der Waals surface area contributed by atoms with Gasteiger partial charge < -0.3 is 10.6 Å². The van der Waals surface area contributed by atoms with E-state index in [1.54, 1.807) is 0 Å². The van der Waals surface area contributed by atoms with E-state index in [9.17, 15) is 0 Å². The second-order valence-corrected chi connectivity index (χ2v) is 5.43. The van der Waals surface area contributed by atoms with Crippen LogP contribution in [0.1, 0.15) is 45.1 Å². The van der Waals surface area contributed by atoms with E-state index in [1.807, 2.05) is 0 Å². The molecule has 0 aliphatic carbocycles. The van der Waals surface area contributed by atoms with E-state index in [2.05, 4.69) is 54.1 Å². The van der Waals surface area contributed by atoms with E-state index < -0.39 is 0 Å². The van der Waals surface area contributed by atoms with Gasteiger partial charge in [-0.25, -0.2) is 0 Å². The Kier molecular flexibility index (Phi) is 4.46. The summed E-state index contributed by atoms with van der Waals surface area (Å²) in [5.41, 5.74) is 7.56. The fourth-order valence-electron chi connectivity index (χ4n) is 2.86. The number of nitrogens with two attached hydrogens (primary N) is 1. The van der Waals surface area contributed by atoms with Crippen LogP contribution in [0.25, 0.3) is 0 Å². The first kappa shape index (κ1) is 13.9. The summed E-state index contributed by atoms with van der Waals surface area (Å²) >= 11 is 0. The highest BCUT2D eigenvalue weighted by Gasteiger charge is 2.39. The van der Waals surface area contributed by atoms with Gasteiger partial charge in [0.05, 0.1) is 12.1 Å². The fourth-order valence-corrected chi connectivity index (χ4v) is 2.86. The van der Waals surface area contributed by atoms with Gasteiger partial charge in [0.2, 0.25) is 0 Å². The third kappa shape index (κ3) is 2.91. The minimum Gasteiger partial charge on any atom is -0.370 e. The summed E-state index contributed by atoms with van der Waals surface area (Å²) < 4.78 is 0. The SMILES string of the molecule is CCCCC1(CC)CN=C(N)N1Cc1ccccc1. The van der Waals surface area contributed by atoms with Crippen molar-refractivity contribution in [2.45, 2.75) is 51.6 Å². The molecule has 0 spiro atoms. The van der Waals surface area contributed by atoms with Gasteiger partial charge in [-0.15, -0.1) is 0 Å². The predicted octanol–water partition coefficient (Wildman–Crippen LogP) is 3.16. The predicted molar refractivity (Wildman–Crippen MR) is 81.0 cm³/mol. The third-order valence-electron chi connectivity index (χ3n) is 4.22. The Morgan fingerprint density at radius 3 is 2.63 bits per heavy atom. The lowest BCUT2D eigenvalue weighted by molar-refractivity contribution is 0.168. The number of benzene rings is 1. The second kappa shape index (κ2) is 6.09. The van der Waals surface area contributed by atoms with Crippen molar-refractivity contribution in [1.82, 2.24) is 4.90 Å². The van der Waals surface area contributed by atoms with Crippen molar-refractivity contribution < 1.29 is 0 Å². The zero-order valence-corrected chi connectivity index (χ0v) is 12.1. The molecule has 2 N–H and O–H groups in total. The highest BCUT2D eigenvalue weighted by atomic mass is 15.4. The molecule has 0 bridgehead atoms. The van der Waals surface area contributed by atoms with Gasteiger partial charge in [-0.1, -0.05) is 57.0 Å². The monoisotopic (exact) mass is 259 g/mol. The average molecular weight is 259 g/mol. The largest absolute Gasteiger partial charge is 0.370 e. The quantitative estimate of drug-likeness (QED) is 0.852. The second-order valence-electron chi connectivity index (χ2n) is 5.43. The van der Waals surface area contributed by atoms with Crippen molar-refractivity contribution >= 4 is 5.96 Å². The summed E-state index contributed by atoms with van der Waals surface area (Å²) in [7, 11) is 0. The standard InChI is InChI=1S/C16H25N3/c1-3-5-11-16(4-2)13-18-15(17)19(16)12-14-9-7-6-8-10-14/h6-10H,3-5,11-13H2,1-2H3,(H2,17,18). The molecule has 0 saturated carbocycles. The van der Waals surface area contributed by atoms with Crippen LogP contribution in [0.4, 0.5) is 0 Å². The smallest absolute Gasteiger partial charge is 0.192 e. The Bertz CT molecular complexity index is 427. The van der Waals surface area contributed by atoms with Gasteiger partial charge >= 0.3 is 0 Å². The molecule has 104 valence electrons. The number of hydrogen-bond donors (Lipinski definition) is 1. The third-order valence-corrected chi connectivity index (χ3v) is 4.22. The molecule has 1 aliphatic heterocycles. The van der Waals surface area contributed by atoms with Crippen LogP contribution in [0, 0.1) is 0 Å². The first-order valence-corrected chi connectivity index (χ1v) is 7.33. The first-order chi connectivity index (χ1) is 9.22. The molecule has 1 aliphatic rings. The summed E-state index contributed by atoms with van der Waals surface area (Å²) in [5.74, 6) is 0.710. The molecular formula is C16H25N3. The van der Waals surface area contributed by atoms with E-state index in [1.165, 1.54) is 24.8 Å². The summed E-state index contributed by atoms with van der Waals surface area (Å²) in [6.07, 6.45) is 4.74. The molecular weight excluding hydrogens is 234 g/mol. The minimum absolute atomic E-state index is 0.135. The molecule has 1 atom stereocenters. The van der Waals surface area contributed by atoms with Gasteiger partial charge in [-0.05, 0) is 18.4 Å². The van der Waals surface area contributed by atoms with Crippen LogP contribution in [0.2, 0.25) is 0 Å². The maximum Gasteiger partial charge on any atom is 0.192 e. The van der Waals surface area contributed by atoms with E-state index in [0.717, 1.165) is 19.5 Å². The molecule has 0 aromatic heterocycles. The number of nitrogens with zero attached hydrogens (tertiary/aromatic N) is 2. The van der Waals surface area contributed by atoms with E-state index in [4.69, 9.17) is 5.73 Å². The van der Waals surface area contributed by atoms with Crippen LogP contribution < -0.4 is 5.73 Å². The van der Waals surface area contributed by atoms with Gasteiger partial charge in [-0.2, -0.15) is 0 Å². The molecule has 0 fully saturated rings. The lowest BCUT2D eigenvalue weighted by Gasteiger charge is -2.39. The van der Waals surface area contributed by atoms with Crippen LogP contribution in [-0.4, -0.2) is 22.9 Å². The lowest BCUT2D eigenvalue weighted by atomic mass is 9.88. The van der Waals surface area contributed by atoms with Crippen LogP contribution in [0.3, 0.4) is 0 Å². The molecule has 1 aromatic carbocycles. The van der Waals surface area contributed by atoms with Crippen molar-refractivity contribution in [3.8, 4) is 0 Å². The van der Waals surface area contributed by atoms with Crippen molar-refractivity contribution in [3.05, 3.63) is 35.9 Å². The van der Waals surface area contributed by atoms with Crippen LogP contribution >= 0.6 is 0 Å². The first-order valence-electron chi connectivity index (χ1n) is 7.33. The molecule has 19 heavy (non-hydrogen) atoms. The molecule has 1 aromatic rings. The molecule has 3 nitrogen and oxygen atoms in total. The molecule has 0 radical (unpaired) electrons. The van der Waals surface area contributed by atoms with Crippen LogP contribution in [-0.2, 0) is 6.54 Å². The minimum atomic E-state index is 0.135. The molecule has 2 rings (SSSR count). The van der Waals surface area contributed by atoms with Crippen LogP contribution in [0.5, 0.6) is 0 Å². The van der Waals surface area contributed by atoms with E-state index >= 15 is 0 Å².